The summed E-state index contributed by atoms with van der Waals surface area (Å²) in [5.41, 5.74) is 1.20. The maximum Gasteiger partial charge on any atom is 0.173 e. The molecule has 1 N–H and O–H groups in total. The van der Waals surface area contributed by atoms with E-state index in [0.717, 1.165) is 25.9 Å². The Bertz CT molecular complexity index is 617. The van der Waals surface area contributed by atoms with E-state index in [2.05, 4.69) is 15.6 Å². The van der Waals surface area contributed by atoms with E-state index in [1.54, 1.807) is 6.07 Å². The van der Waals surface area contributed by atoms with Gasteiger partial charge in [-0.05, 0) is 38.1 Å². The highest BCUT2D eigenvalue weighted by Crippen LogP contribution is 2.32. The maximum atomic E-state index is 13.9. The largest absolute Gasteiger partial charge is 0.492 e. The summed E-state index contributed by atoms with van der Waals surface area (Å²) >= 11 is 6.01. The first kappa shape index (κ1) is 14.3. The van der Waals surface area contributed by atoms with Crippen LogP contribution in [0.3, 0.4) is 0 Å². The molecule has 0 spiro atoms. The first-order valence-electron chi connectivity index (χ1n) is 6.85. The molecule has 1 aliphatic heterocycles. The number of nitrogens with one attached hydrogen (secondary N) is 1. The Kier molecular flexibility index (Phi) is 4.07. The van der Waals surface area contributed by atoms with Crippen molar-refractivity contribution in [1.29, 1.82) is 0 Å². The van der Waals surface area contributed by atoms with Gasteiger partial charge in [-0.15, -0.1) is 5.10 Å². The number of methoxy groups -OCH3 is 1. The van der Waals surface area contributed by atoms with E-state index in [4.69, 9.17) is 16.3 Å². The summed E-state index contributed by atoms with van der Waals surface area (Å²) in [4.78, 5) is 0. The molecule has 21 heavy (non-hydrogen) atoms. The van der Waals surface area contributed by atoms with Gasteiger partial charge in [0, 0.05) is 5.56 Å². The van der Waals surface area contributed by atoms with Crippen molar-refractivity contribution >= 4 is 11.6 Å². The van der Waals surface area contributed by atoms with Crippen molar-refractivity contribution in [3.05, 3.63) is 29.2 Å². The van der Waals surface area contributed by atoms with Gasteiger partial charge in [0.25, 0.3) is 0 Å². The summed E-state index contributed by atoms with van der Waals surface area (Å²) in [5.74, 6) is -0.456. The minimum atomic E-state index is -0.503. The molecule has 2 heterocycles. The summed E-state index contributed by atoms with van der Waals surface area (Å²) in [7, 11) is 1.39. The van der Waals surface area contributed by atoms with Crippen LogP contribution in [0, 0.1) is 5.82 Å². The summed E-state index contributed by atoms with van der Waals surface area (Å²) in [5, 5.41) is 11.8. The van der Waals surface area contributed by atoms with E-state index in [1.165, 1.54) is 13.2 Å². The molecule has 112 valence electrons. The predicted octanol–water partition coefficient (Wildman–Crippen LogP) is 2.67. The van der Waals surface area contributed by atoms with Crippen LogP contribution < -0.4 is 10.1 Å². The third-order valence-electron chi connectivity index (χ3n) is 3.69. The molecule has 0 bridgehead atoms. The summed E-state index contributed by atoms with van der Waals surface area (Å²) in [6, 6.07) is 3.34. The minimum Gasteiger partial charge on any atom is -0.492 e. The van der Waals surface area contributed by atoms with E-state index in [0.29, 0.717) is 17.3 Å². The topological polar surface area (TPSA) is 52.0 Å². The Morgan fingerprint density at radius 1 is 1.38 bits per heavy atom. The molecule has 2 aromatic rings. The maximum absolute atomic E-state index is 13.9. The van der Waals surface area contributed by atoms with Crippen molar-refractivity contribution in [2.45, 2.75) is 18.9 Å². The number of rotatable bonds is 3. The lowest BCUT2D eigenvalue weighted by molar-refractivity contribution is 0.337. The molecule has 0 aliphatic carbocycles. The molecule has 7 heteroatoms. The average molecular weight is 311 g/mol. The van der Waals surface area contributed by atoms with Gasteiger partial charge in [-0.2, -0.15) is 0 Å². The van der Waals surface area contributed by atoms with Crippen LogP contribution >= 0.6 is 11.6 Å². The number of piperidine rings is 1. The Labute approximate surface area is 127 Å². The first-order chi connectivity index (χ1) is 10.2. The number of halogens is 2. The lowest BCUT2D eigenvalue weighted by Crippen LogP contribution is -2.29. The molecule has 1 fully saturated rings. The van der Waals surface area contributed by atoms with E-state index >= 15 is 0 Å². The van der Waals surface area contributed by atoms with Crippen LogP contribution in [0.5, 0.6) is 5.75 Å². The Morgan fingerprint density at radius 3 is 2.81 bits per heavy atom. The van der Waals surface area contributed by atoms with Crippen LogP contribution in [0.25, 0.3) is 11.3 Å². The third-order valence-corrected chi connectivity index (χ3v) is 3.97. The zero-order chi connectivity index (χ0) is 14.8. The van der Waals surface area contributed by atoms with Crippen LogP contribution in [0.15, 0.2) is 18.3 Å². The van der Waals surface area contributed by atoms with Gasteiger partial charge in [0.05, 0.1) is 24.4 Å². The lowest BCUT2D eigenvalue weighted by atomic mass is 10.1. The number of nitrogens with zero attached hydrogens (tertiary/aromatic N) is 3. The van der Waals surface area contributed by atoms with Crippen molar-refractivity contribution < 1.29 is 9.13 Å². The van der Waals surface area contributed by atoms with E-state index in [1.807, 2.05) is 10.9 Å². The van der Waals surface area contributed by atoms with Gasteiger partial charge in [0.15, 0.2) is 11.6 Å². The molecule has 1 aromatic heterocycles. The number of aromatic nitrogens is 3. The molecule has 0 unspecified atom stereocenters. The predicted molar refractivity (Wildman–Crippen MR) is 78.1 cm³/mol. The fraction of sp³-hybridized carbons (Fsp3) is 0.429. The fourth-order valence-electron chi connectivity index (χ4n) is 2.56. The number of ether oxygens (including phenoxy) is 1. The second-order valence-electron chi connectivity index (χ2n) is 5.04. The monoisotopic (exact) mass is 310 g/mol. The van der Waals surface area contributed by atoms with E-state index < -0.39 is 5.82 Å². The van der Waals surface area contributed by atoms with Crippen molar-refractivity contribution in [3.8, 4) is 17.0 Å². The highest BCUT2D eigenvalue weighted by atomic mass is 35.5. The van der Waals surface area contributed by atoms with Crippen molar-refractivity contribution in [2.75, 3.05) is 20.2 Å². The highest BCUT2D eigenvalue weighted by molar-refractivity contribution is 6.32. The van der Waals surface area contributed by atoms with Gasteiger partial charge >= 0.3 is 0 Å². The number of hydrogen-bond donors (Lipinski definition) is 1. The molecule has 0 saturated carbocycles. The van der Waals surface area contributed by atoms with Gasteiger partial charge in [-0.3, -0.25) is 0 Å². The normalized spacial score (nSPS) is 16.1. The Hall–Kier alpha value is -1.66. The SMILES string of the molecule is COc1c(F)cc(-c2cn(C3CCNCC3)nn2)cc1Cl. The smallest absolute Gasteiger partial charge is 0.173 e. The van der Waals surface area contributed by atoms with Crippen LogP contribution in [0.4, 0.5) is 4.39 Å². The second-order valence-corrected chi connectivity index (χ2v) is 5.45. The molecule has 1 saturated heterocycles. The quantitative estimate of drug-likeness (QED) is 0.947. The molecule has 5 nitrogen and oxygen atoms in total. The molecule has 3 rings (SSSR count). The summed E-state index contributed by atoms with van der Waals surface area (Å²) < 4.78 is 20.7. The zero-order valence-electron chi connectivity index (χ0n) is 11.6. The van der Waals surface area contributed by atoms with E-state index in [9.17, 15) is 4.39 Å². The molecule has 0 atom stereocenters. The lowest BCUT2D eigenvalue weighted by Gasteiger charge is -2.22. The molecule has 1 aromatic carbocycles. The van der Waals surface area contributed by atoms with Crippen molar-refractivity contribution in [1.82, 2.24) is 20.3 Å². The van der Waals surface area contributed by atoms with Gasteiger partial charge in [-0.25, -0.2) is 9.07 Å². The average Bonchev–Trinajstić information content (AvgIpc) is 2.97. The number of benzene rings is 1. The third kappa shape index (κ3) is 2.87. The first-order valence-corrected chi connectivity index (χ1v) is 7.23. The second kappa shape index (κ2) is 5.99. The Morgan fingerprint density at radius 2 is 2.14 bits per heavy atom. The fourth-order valence-corrected chi connectivity index (χ4v) is 2.85. The zero-order valence-corrected chi connectivity index (χ0v) is 12.4. The Balaban J connectivity index is 1.89. The van der Waals surface area contributed by atoms with Gasteiger partial charge in [-0.1, -0.05) is 16.8 Å². The van der Waals surface area contributed by atoms with Crippen molar-refractivity contribution in [2.24, 2.45) is 0 Å². The minimum absolute atomic E-state index is 0.0474. The van der Waals surface area contributed by atoms with Gasteiger partial charge in [0.2, 0.25) is 0 Å². The van der Waals surface area contributed by atoms with E-state index in [-0.39, 0.29) is 10.8 Å². The number of hydrogen-bond acceptors (Lipinski definition) is 4. The van der Waals surface area contributed by atoms with Gasteiger partial charge in [0.1, 0.15) is 5.69 Å². The summed E-state index contributed by atoms with van der Waals surface area (Å²) in [6.45, 7) is 1.95. The summed E-state index contributed by atoms with van der Waals surface area (Å²) in [6.07, 6.45) is 3.87. The molecular weight excluding hydrogens is 295 g/mol. The molecular formula is C14H16ClFN4O. The van der Waals surface area contributed by atoms with Gasteiger partial charge < -0.3 is 10.1 Å². The highest BCUT2D eigenvalue weighted by Gasteiger charge is 2.18. The standard InChI is InChI=1S/C14H16ClFN4O/c1-21-14-11(15)6-9(7-12(14)16)13-8-20(19-18-13)10-2-4-17-5-3-10/h6-8,10,17H,2-5H2,1H3. The van der Waals surface area contributed by atoms with Crippen LogP contribution in [-0.2, 0) is 0 Å². The van der Waals surface area contributed by atoms with Crippen LogP contribution in [0.2, 0.25) is 5.02 Å². The van der Waals surface area contributed by atoms with Crippen LogP contribution in [0.1, 0.15) is 18.9 Å². The van der Waals surface area contributed by atoms with Crippen LogP contribution in [-0.4, -0.2) is 35.2 Å². The van der Waals surface area contributed by atoms with Crippen molar-refractivity contribution in [3.63, 3.8) is 0 Å². The molecule has 1 aliphatic rings. The molecule has 0 amide bonds. The molecule has 0 radical (unpaired) electrons.